The van der Waals surface area contributed by atoms with Gasteiger partial charge in [0.2, 0.25) is 0 Å². The van der Waals surface area contributed by atoms with E-state index < -0.39 is 0 Å². The van der Waals surface area contributed by atoms with E-state index in [9.17, 15) is 10.1 Å². The lowest BCUT2D eigenvalue weighted by molar-refractivity contribution is -0.384. The summed E-state index contributed by atoms with van der Waals surface area (Å²) in [5, 5.41) is 14.2. The molecule has 2 rings (SSSR count). The minimum atomic E-state index is -0.343. The summed E-state index contributed by atoms with van der Waals surface area (Å²) in [4.78, 5) is 10.4. The first kappa shape index (κ1) is 11.9. The summed E-state index contributed by atoms with van der Waals surface area (Å²) in [5.74, 6) is 0.488. The Hall–Kier alpha value is -1.58. The van der Waals surface area contributed by atoms with Gasteiger partial charge in [-0.1, -0.05) is 6.92 Å². The Kier molecular flexibility index (Phi) is 2.81. The lowest BCUT2D eigenvalue weighted by Crippen LogP contribution is -2.37. The normalized spacial score (nSPS) is 21.5. The molecule has 0 amide bonds. The molecule has 1 N–H and O–H groups in total. The Balaban J connectivity index is 2.46. The lowest BCUT2D eigenvalue weighted by atomic mass is 9.79. The van der Waals surface area contributed by atoms with Crippen molar-refractivity contribution in [2.24, 2.45) is 0 Å². The number of hydrogen-bond acceptors (Lipinski definition) is 3. The van der Waals surface area contributed by atoms with E-state index in [0.717, 1.165) is 18.5 Å². The van der Waals surface area contributed by atoms with Crippen LogP contribution in [0.1, 0.15) is 45.1 Å². The number of hydrogen-bond donors (Lipinski definition) is 1. The fourth-order valence-electron chi connectivity index (χ4n) is 2.63. The van der Waals surface area contributed by atoms with E-state index in [4.69, 9.17) is 0 Å². The highest BCUT2D eigenvalue weighted by Gasteiger charge is 2.31. The monoisotopic (exact) mass is 234 g/mol. The Labute approximate surface area is 101 Å². The summed E-state index contributed by atoms with van der Waals surface area (Å²) in [6.45, 7) is 6.44. The van der Waals surface area contributed by atoms with Crippen LogP contribution in [0.15, 0.2) is 18.2 Å². The van der Waals surface area contributed by atoms with Crippen LogP contribution in [0.2, 0.25) is 0 Å². The van der Waals surface area contributed by atoms with Crippen LogP contribution in [-0.4, -0.2) is 10.5 Å². The van der Waals surface area contributed by atoms with Crippen molar-refractivity contribution in [1.82, 2.24) is 0 Å². The molecule has 0 aliphatic carbocycles. The molecule has 0 spiro atoms. The standard InChI is InChI=1S/C13H18N2O2/c1-4-9-8-13(2,3)14-12-7-10(15(16)17)5-6-11(9)12/h5-7,9,14H,4,8H2,1-3H3. The molecule has 1 aliphatic heterocycles. The number of rotatable bonds is 2. The molecule has 0 aromatic heterocycles. The van der Waals surface area contributed by atoms with Crippen molar-refractivity contribution in [2.45, 2.75) is 45.1 Å². The van der Waals surface area contributed by atoms with Gasteiger partial charge in [-0.25, -0.2) is 0 Å². The van der Waals surface area contributed by atoms with E-state index in [1.54, 1.807) is 12.1 Å². The first-order chi connectivity index (χ1) is 7.93. The molecule has 1 unspecified atom stereocenters. The second-order valence-electron chi connectivity index (χ2n) is 5.35. The lowest BCUT2D eigenvalue weighted by Gasteiger charge is -2.38. The van der Waals surface area contributed by atoms with Gasteiger partial charge in [0.15, 0.2) is 0 Å². The highest BCUT2D eigenvalue weighted by molar-refractivity contribution is 5.61. The van der Waals surface area contributed by atoms with Crippen LogP contribution < -0.4 is 5.32 Å². The Morgan fingerprint density at radius 3 is 2.82 bits per heavy atom. The van der Waals surface area contributed by atoms with Gasteiger partial charge in [0.05, 0.1) is 4.92 Å². The molecule has 4 heteroatoms. The number of nitro groups is 1. The maximum Gasteiger partial charge on any atom is 0.271 e. The topological polar surface area (TPSA) is 55.2 Å². The maximum absolute atomic E-state index is 10.8. The number of benzene rings is 1. The molecule has 1 aromatic rings. The molecule has 0 saturated heterocycles. The molecule has 1 atom stereocenters. The van der Waals surface area contributed by atoms with Crippen LogP contribution in [0, 0.1) is 10.1 Å². The van der Waals surface area contributed by atoms with Crippen LogP contribution in [0.25, 0.3) is 0 Å². The molecule has 0 saturated carbocycles. The molecular weight excluding hydrogens is 216 g/mol. The van der Waals surface area contributed by atoms with Crippen molar-refractivity contribution in [3.63, 3.8) is 0 Å². The van der Waals surface area contributed by atoms with Gasteiger partial charge >= 0.3 is 0 Å². The third-order valence-electron chi connectivity index (χ3n) is 3.41. The molecule has 0 bridgehead atoms. The number of non-ortho nitro benzene ring substituents is 1. The minimum absolute atomic E-state index is 0.00288. The van der Waals surface area contributed by atoms with Gasteiger partial charge in [-0.3, -0.25) is 10.1 Å². The number of nitrogens with one attached hydrogen (secondary N) is 1. The van der Waals surface area contributed by atoms with E-state index in [0.29, 0.717) is 5.92 Å². The van der Waals surface area contributed by atoms with E-state index in [1.165, 1.54) is 5.56 Å². The summed E-state index contributed by atoms with van der Waals surface area (Å²) in [7, 11) is 0. The first-order valence-corrected chi connectivity index (χ1v) is 5.99. The SMILES string of the molecule is CCC1CC(C)(C)Nc2cc([N+](=O)[O-])ccc21. The van der Waals surface area contributed by atoms with Crippen molar-refractivity contribution in [3.8, 4) is 0 Å². The van der Waals surface area contributed by atoms with Gasteiger partial charge in [-0.15, -0.1) is 0 Å². The fraction of sp³-hybridized carbons (Fsp3) is 0.538. The molecule has 17 heavy (non-hydrogen) atoms. The Bertz CT molecular complexity index is 455. The third-order valence-corrected chi connectivity index (χ3v) is 3.41. The Morgan fingerprint density at radius 1 is 1.53 bits per heavy atom. The van der Waals surface area contributed by atoms with E-state index in [-0.39, 0.29) is 16.1 Å². The molecule has 92 valence electrons. The van der Waals surface area contributed by atoms with E-state index in [1.807, 2.05) is 6.07 Å². The molecular formula is C13H18N2O2. The quantitative estimate of drug-likeness (QED) is 0.627. The van der Waals surface area contributed by atoms with E-state index in [2.05, 4.69) is 26.1 Å². The summed E-state index contributed by atoms with van der Waals surface area (Å²) < 4.78 is 0. The first-order valence-electron chi connectivity index (χ1n) is 5.99. The molecule has 0 fully saturated rings. The second-order valence-corrected chi connectivity index (χ2v) is 5.35. The minimum Gasteiger partial charge on any atom is -0.380 e. The van der Waals surface area contributed by atoms with Crippen molar-refractivity contribution in [3.05, 3.63) is 33.9 Å². The van der Waals surface area contributed by atoms with Crippen molar-refractivity contribution >= 4 is 11.4 Å². The summed E-state index contributed by atoms with van der Waals surface area (Å²) >= 11 is 0. The van der Waals surface area contributed by atoms with Gasteiger partial charge in [-0.2, -0.15) is 0 Å². The predicted molar refractivity (Wildman–Crippen MR) is 68.4 cm³/mol. The summed E-state index contributed by atoms with van der Waals surface area (Å²) in [6.07, 6.45) is 2.13. The summed E-state index contributed by atoms with van der Waals surface area (Å²) in [5.41, 5.74) is 2.28. The largest absolute Gasteiger partial charge is 0.380 e. The van der Waals surface area contributed by atoms with Gasteiger partial charge in [0.25, 0.3) is 5.69 Å². The van der Waals surface area contributed by atoms with E-state index >= 15 is 0 Å². The van der Waals surface area contributed by atoms with Crippen LogP contribution in [0.4, 0.5) is 11.4 Å². The van der Waals surface area contributed by atoms with Gasteiger partial charge in [0.1, 0.15) is 0 Å². The molecule has 1 heterocycles. The third kappa shape index (κ3) is 2.25. The highest BCUT2D eigenvalue weighted by Crippen LogP contribution is 2.41. The molecule has 1 aliphatic rings. The average Bonchev–Trinajstić information content (AvgIpc) is 2.25. The number of nitrogens with zero attached hydrogens (tertiary/aromatic N) is 1. The van der Waals surface area contributed by atoms with Crippen LogP contribution in [0.3, 0.4) is 0 Å². The van der Waals surface area contributed by atoms with Gasteiger partial charge in [-0.05, 0) is 44.2 Å². The number of fused-ring (bicyclic) bond motifs is 1. The van der Waals surface area contributed by atoms with Gasteiger partial charge < -0.3 is 5.32 Å². The van der Waals surface area contributed by atoms with Crippen LogP contribution in [0.5, 0.6) is 0 Å². The van der Waals surface area contributed by atoms with Crippen molar-refractivity contribution < 1.29 is 4.92 Å². The fourth-order valence-corrected chi connectivity index (χ4v) is 2.63. The van der Waals surface area contributed by atoms with Gasteiger partial charge in [0, 0.05) is 23.4 Å². The highest BCUT2D eigenvalue weighted by atomic mass is 16.6. The Morgan fingerprint density at radius 2 is 2.24 bits per heavy atom. The zero-order valence-corrected chi connectivity index (χ0v) is 10.5. The zero-order chi connectivity index (χ0) is 12.6. The molecule has 0 radical (unpaired) electrons. The van der Waals surface area contributed by atoms with Crippen LogP contribution in [-0.2, 0) is 0 Å². The van der Waals surface area contributed by atoms with Crippen molar-refractivity contribution in [2.75, 3.05) is 5.32 Å². The second kappa shape index (κ2) is 4.02. The number of nitro benzene ring substituents is 1. The van der Waals surface area contributed by atoms with Crippen molar-refractivity contribution in [1.29, 1.82) is 0 Å². The zero-order valence-electron chi connectivity index (χ0n) is 10.5. The predicted octanol–water partition coefficient (Wildman–Crippen LogP) is 3.68. The smallest absolute Gasteiger partial charge is 0.271 e. The maximum atomic E-state index is 10.8. The summed E-state index contributed by atoms with van der Waals surface area (Å²) in [6, 6.07) is 5.14. The molecule has 1 aromatic carbocycles. The molecule has 4 nitrogen and oxygen atoms in total. The average molecular weight is 234 g/mol. The van der Waals surface area contributed by atoms with Crippen LogP contribution >= 0.6 is 0 Å². The number of anilines is 1.